The number of carbonyl (C=O) groups is 1. The number of rotatable bonds is 3. The van der Waals surface area contributed by atoms with E-state index in [1.807, 2.05) is 32.8 Å². The van der Waals surface area contributed by atoms with Gasteiger partial charge >= 0.3 is 6.09 Å². The lowest BCUT2D eigenvalue weighted by molar-refractivity contribution is 0.150. The molecular formula is C12H21N3O3. The maximum atomic E-state index is 10.1. The molecule has 1 heterocycles. The zero-order chi connectivity index (χ0) is 14.1. The van der Waals surface area contributed by atoms with Crippen molar-refractivity contribution in [2.24, 2.45) is 0 Å². The van der Waals surface area contributed by atoms with Crippen LogP contribution in [0.25, 0.3) is 0 Å². The molecule has 0 aliphatic heterocycles. The molecule has 0 spiro atoms. The van der Waals surface area contributed by atoms with E-state index in [9.17, 15) is 9.90 Å². The van der Waals surface area contributed by atoms with Crippen LogP contribution in [0.5, 0.6) is 5.75 Å². The molecule has 6 nitrogen and oxygen atoms in total. The number of aromatic nitrogens is 1. The van der Waals surface area contributed by atoms with Gasteiger partial charge in [-0.3, -0.25) is 4.98 Å². The summed E-state index contributed by atoms with van der Waals surface area (Å²) in [5.41, 5.74) is 0.787. The molecule has 2 N–H and O–H groups in total. The lowest BCUT2D eigenvalue weighted by Crippen LogP contribution is -2.28. The van der Waals surface area contributed by atoms with E-state index in [1.165, 1.54) is 11.1 Å². The van der Waals surface area contributed by atoms with E-state index >= 15 is 0 Å². The largest absolute Gasteiger partial charge is 0.504 e. The third kappa shape index (κ3) is 5.38. The lowest BCUT2D eigenvalue weighted by Gasteiger charge is -2.12. The topological polar surface area (TPSA) is 76.9 Å². The van der Waals surface area contributed by atoms with Gasteiger partial charge in [0, 0.05) is 33.4 Å². The zero-order valence-electron chi connectivity index (χ0n) is 11.3. The van der Waals surface area contributed by atoms with Crippen molar-refractivity contribution in [2.45, 2.75) is 13.8 Å². The first-order valence-corrected chi connectivity index (χ1v) is 5.72. The van der Waals surface area contributed by atoms with Crippen molar-refractivity contribution in [1.82, 2.24) is 9.88 Å². The monoisotopic (exact) mass is 255 g/mol. The first-order chi connectivity index (χ1) is 8.43. The first-order valence-electron chi connectivity index (χ1n) is 5.72. The predicted octanol–water partition coefficient (Wildman–Crippen LogP) is 1.86. The van der Waals surface area contributed by atoms with Crippen molar-refractivity contribution in [3.63, 3.8) is 0 Å². The van der Waals surface area contributed by atoms with Crippen LogP contribution in [0, 0.1) is 0 Å². The summed E-state index contributed by atoms with van der Waals surface area (Å²) in [7, 11) is 3.74. The Morgan fingerprint density at radius 2 is 1.89 bits per heavy atom. The van der Waals surface area contributed by atoms with E-state index in [-0.39, 0.29) is 5.75 Å². The van der Waals surface area contributed by atoms with Gasteiger partial charge in [-0.2, -0.15) is 0 Å². The molecule has 0 fully saturated rings. The highest BCUT2D eigenvalue weighted by Gasteiger charge is 2.03. The Balaban J connectivity index is 0.000000331. The maximum absolute atomic E-state index is 10.1. The number of aromatic hydroxyl groups is 1. The van der Waals surface area contributed by atoms with Gasteiger partial charge in [0.15, 0.2) is 5.75 Å². The second-order valence-electron chi connectivity index (χ2n) is 3.71. The lowest BCUT2D eigenvalue weighted by atomic mass is 10.3. The molecule has 0 unspecified atom stereocenters. The number of hydrogen-bond donors (Lipinski definition) is 2. The average Bonchev–Trinajstić information content (AvgIpc) is 2.31. The summed E-state index contributed by atoms with van der Waals surface area (Å²) in [4.78, 5) is 17.0. The van der Waals surface area contributed by atoms with Crippen LogP contribution < -0.4 is 4.90 Å². The van der Waals surface area contributed by atoms with E-state index in [0.29, 0.717) is 13.1 Å². The van der Waals surface area contributed by atoms with Gasteiger partial charge in [0.1, 0.15) is 0 Å². The van der Waals surface area contributed by atoms with Gasteiger partial charge in [-0.05, 0) is 19.9 Å². The minimum absolute atomic E-state index is 0.215. The van der Waals surface area contributed by atoms with Crippen molar-refractivity contribution in [3.05, 3.63) is 18.5 Å². The number of pyridine rings is 1. The quantitative estimate of drug-likeness (QED) is 0.862. The van der Waals surface area contributed by atoms with Crippen LogP contribution in [-0.4, -0.2) is 53.4 Å². The predicted molar refractivity (Wildman–Crippen MR) is 71.2 cm³/mol. The number of amides is 1. The van der Waals surface area contributed by atoms with Gasteiger partial charge in [-0.25, -0.2) is 4.79 Å². The van der Waals surface area contributed by atoms with Gasteiger partial charge < -0.3 is 20.0 Å². The van der Waals surface area contributed by atoms with Crippen molar-refractivity contribution in [3.8, 4) is 5.75 Å². The van der Waals surface area contributed by atoms with Gasteiger partial charge in [0.25, 0.3) is 0 Å². The molecule has 0 bridgehead atoms. The fourth-order valence-electron chi connectivity index (χ4n) is 1.25. The summed E-state index contributed by atoms with van der Waals surface area (Å²) in [5, 5.41) is 17.5. The van der Waals surface area contributed by atoms with E-state index in [0.717, 1.165) is 5.69 Å². The van der Waals surface area contributed by atoms with Crippen LogP contribution in [0.1, 0.15) is 13.8 Å². The Morgan fingerprint density at radius 3 is 2.11 bits per heavy atom. The smallest absolute Gasteiger partial charge is 0.407 e. The fraction of sp³-hybridized carbons (Fsp3) is 0.500. The Labute approximate surface area is 107 Å². The second-order valence-corrected chi connectivity index (χ2v) is 3.71. The Kier molecular flexibility index (Phi) is 7.26. The van der Waals surface area contributed by atoms with Gasteiger partial charge in [0.05, 0.1) is 11.9 Å². The van der Waals surface area contributed by atoms with Crippen LogP contribution in [0.15, 0.2) is 18.5 Å². The zero-order valence-corrected chi connectivity index (χ0v) is 11.3. The SMILES string of the molecule is CCN(CC)C(=O)O.CN(C)c1ccncc1O. The summed E-state index contributed by atoms with van der Waals surface area (Å²) in [6.45, 7) is 4.78. The molecule has 1 rings (SSSR count). The fourth-order valence-corrected chi connectivity index (χ4v) is 1.25. The summed E-state index contributed by atoms with van der Waals surface area (Å²) in [5.74, 6) is 0.215. The molecular weight excluding hydrogens is 234 g/mol. The van der Waals surface area contributed by atoms with Crippen LogP contribution in [0.2, 0.25) is 0 Å². The summed E-state index contributed by atoms with van der Waals surface area (Å²) in [6, 6.07) is 1.76. The van der Waals surface area contributed by atoms with Crippen molar-refractivity contribution >= 4 is 11.8 Å². The molecule has 1 aromatic heterocycles. The highest BCUT2D eigenvalue weighted by molar-refractivity contribution is 5.64. The number of nitrogens with zero attached hydrogens (tertiary/aromatic N) is 3. The molecule has 0 atom stereocenters. The van der Waals surface area contributed by atoms with Crippen LogP contribution in [0.3, 0.4) is 0 Å². The van der Waals surface area contributed by atoms with Gasteiger partial charge in [-0.15, -0.1) is 0 Å². The molecule has 6 heteroatoms. The molecule has 0 saturated carbocycles. The van der Waals surface area contributed by atoms with E-state index < -0.39 is 6.09 Å². The molecule has 0 aromatic carbocycles. The molecule has 1 amide bonds. The molecule has 0 radical (unpaired) electrons. The van der Waals surface area contributed by atoms with E-state index in [1.54, 1.807) is 12.3 Å². The highest BCUT2D eigenvalue weighted by atomic mass is 16.4. The number of carboxylic acid groups (broad SMARTS) is 1. The summed E-state index contributed by atoms with van der Waals surface area (Å²) >= 11 is 0. The summed E-state index contributed by atoms with van der Waals surface area (Å²) in [6.07, 6.45) is 2.24. The molecule has 0 aliphatic carbocycles. The van der Waals surface area contributed by atoms with Crippen LogP contribution in [-0.2, 0) is 0 Å². The molecule has 0 aliphatic rings. The van der Waals surface area contributed by atoms with Crippen molar-refractivity contribution in [1.29, 1.82) is 0 Å². The second kappa shape index (κ2) is 8.16. The maximum Gasteiger partial charge on any atom is 0.407 e. The molecule has 0 saturated heterocycles. The van der Waals surface area contributed by atoms with Crippen molar-refractivity contribution < 1.29 is 15.0 Å². The highest BCUT2D eigenvalue weighted by Crippen LogP contribution is 2.22. The minimum atomic E-state index is -0.838. The van der Waals surface area contributed by atoms with Crippen LogP contribution in [0.4, 0.5) is 10.5 Å². The normalized spacial score (nSPS) is 9.11. The third-order valence-corrected chi connectivity index (χ3v) is 2.29. The van der Waals surface area contributed by atoms with E-state index in [2.05, 4.69) is 4.98 Å². The van der Waals surface area contributed by atoms with Crippen LogP contribution >= 0.6 is 0 Å². The Bertz CT molecular complexity index is 365. The number of hydrogen-bond acceptors (Lipinski definition) is 4. The Morgan fingerprint density at radius 1 is 1.33 bits per heavy atom. The van der Waals surface area contributed by atoms with Crippen molar-refractivity contribution in [2.75, 3.05) is 32.1 Å². The molecule has 102 valence electrons. The molecule has 1 aromatic rings. The third-order valence-electron chi connectivity index (χ3n) is 2.29. The van der Waals surface area contributed by atoms with Gasteiger partial charge in [-0.1, -0.05) is 0 Å². The average molecular weight is 255 g/mol. The molecule has 18 heavy (non-hydrogen) atoms. The number of anilines is 1. The summed E-state index contributed by atoms with van der Waals surface area (Å²) < 4.78 is 0. The Hall–Kier alpha value is -1.98. The van der Waals surface area contributed by atoms with Gasteiger partial charge in [0.2, 0.25) is 0 Å². The first kappa shape index (κ1) is 16.0. The standard InChI is InChI=1S/C7H10N2O.C5H11NO2/c1-9(2)6-3-4-8-5-7(6)10;1-3-6(4-2)5(7)8/h3-5,10H,1-2H3;3-4H2,1-2H3,(H,7,8). The van der Waals surface area contributed by atoms with E-state index in [4.69, 9.17) is 5.11 Å². The minimum Gasteiger partial charge on any atom is -0.504 e.